The Morgan fingerprint density at radius 3 is 2.30 bits per heavy atom. The fourth-order valence-corrected chi connectivity index (χ4v) is 3.26. The summed E-state index contributed by atoms with van der Waals surface area (Å²) in [6, 6.07) is 8.10. The molecule has 1 aliphatic heterocycles. The maximum atomic E-state index is 12.3. The zero-order valence-corrected chi connectivity index (χ0v) is 13.4. The number of rotatable bonds is 4. The minimum Gasteiger partial charge on any atom is -0.325 e. The van der Waals surface area contributed by atoms with Crippen LogP contribution in [0.4, 0.5) is 5.69 Å². The van der Waals surface area contributed by atoms with Crippen molar-refractivity contribution in [3.05, 3.63) is 29.8 Å². The van der Waals surface area contributed by atoms with Gasteiger partial charge < -0.3 is 5.32 Å². The lowest BCUT2D eigenvalue weighted by Gasteiger charge is -2.31. The molecule has 1 heterocycles. The molecule has 3 nitrogen and oxygen atoms in total. The van der Waals surface area contributed by atoms with Gasteiger partial charge in [-0.3, -0.25) is 9.69 Å². The van der Waals surface area contributed by atoms with Gasteiger partial charge in [0.2, 0.25) is 5.91 Å². The Bertz CT molecular complexity index is 438. The molecule has 0 unspecified atom stereocenters. The Morgan fingerprint density at radius 1 is 1.15 bits per heavy atom. The van der Waals surface area contributed by atoms with Crippen LogP contribution < -0.4 is 5.32 Å². The fourth-order valence-electron chi connectivity index (χ4n) is 2.33. The Labute approximate surface area is 126 Å². The lowest BCUT2D eigenvalue weighted by atomic mass is 10.0. The topological polar surface area (TPSA) is 32.3 Å². The number of thioether (sulfide) groups is 1. The maximum Gasteiger partial charge on any atom is 0.241 e. The van der Waals surface area contributed by atoms with Crippen molar-refractivity contribution in [1.82, 2.24) is 4.90 Å². The molecule has 1 N–H and O–H groups in total. The van der Waals surface area contributed by atoms with Crippen LogP contribution in [0.5, 0.6) is 0 Å². The van der Waals surface area contributed by atoms with Crippen LogP contribution in [0.2, 0.25) is 0 Å². The van der Waals surface area contributed by atoms with Crippen LogP contribution in [0.25, 0.3) is 0 Å². The van der Waals surface area contributed by atoms with Crippen molar-refractivity contribution < 1.29 is 4.79 Å². The van der Waals surface area contributed by atoms with Gasteiger partial charge in [0.15, 0.2) is 0 Å². The largest absolute Gasteiger partial charge is 0.325 e. The van der Waals surface area contributed by atoms with E-state index in [4.69, 9.17) is 0 Å². The minimum atomic E-state index is -0.0549. The summed E-state index contributed by atoms with van der Waals surface area (Å²) in [4.78, 5) is 14.5. The number of nitrogens with one attached hydrogen (secondary N) is 1. The molecule has 1 fully saturated rings. The molecule has 0 aliphatic carbocycles. The molecule has 1 amide bonds. The van der Waals surface area contributed by atoms with E-state index in [-0.39, 0.29) is 11.9 Å². The van der Waals surface area contributed by atoms with Crippen molar-refractivity contribution in [2.75, 3.05) is 29.9 Å². The zero-order chi connectivity index (χ0) is 14.5. The lowest BCUT2D eigenvalue weighted by molar-refractivity contribution is -0.120. The highest BCUT2D eigenvalue weighted by atomic mass is 32.2. The van der Waals surface area contributed by atoms with Gasteiger partial charge in [0.25, 0.3) is 0 Å². The van der Waals surface area contributed by atoms with Crippen molar-refractivity contribution in [3.8, 4) is 0 Å². The van der Waals surface area contributed by atoms with Crippen molar-refractivity contribution in [1.29, 1.82) is 0 Å². The molecular formula is C16H24N2OS. The number of hydrogen-bond donors (Lipinski definition) is 1. The lowest BCUT2D eigenvalue weighted by Crippen LogP contribution is -2.46. The van der Waals surface area contributed by atoms with E-state index in [0.717, 1.165) is 30.3 Å². The van der Waals surface area contributed by atoms with Gasteiger partial charge in [0.05, 0.1) is 6.04 Å². The minimum absolute atomic E-state index is 0.0549. The van der Waals surface area contributed by atoms with E-state index in [9.17, 15) is 4.79 Å². The van der Waals surface area contributed by atoms with Gasteiger partial charge in [-0.15, -0.1) is 0 Å². The first-order chi connectivity index (χ1) is 9.58. The van der Waals surface area contributed by atoms with Crippen LogP contribution in [-0.4, -0.2) is 41.4 Å². The van der Waals surface area contributed by atoms with Crippen LogP contribution in [0.15, 0.2) is 24.3 Å². The smallest absolute Gasteiger partial charge is 0.241 e. The van der Waals surface area contributed by atoms with E-state index < -0.39 is 0 Å². The highest BCUT2D eigenvalue weighted by molar-refractivity contribution is 7.99. The summed E-state index contributed by atoms with van der Waals surface area (Å²) in [6.07, 6.45) is 0. The molecule has 0 spiro atoms. The highest BCUT2D eigenvalue weighted by Crippen LogP contribution is 2.18. The second kappa shape index (κ2) is 7.14. The summed E-state index contributed by atoms with van der Waals surface area (Å²) in [5.74, 6) is 2.86. The van der Waals surface area contributed by atoms with E-state index in [0.29, 0.717) is 5.92 Å². The maximum absolute atomic E-state index is 12.3. The Kier molecular flexibility index (Phi) is 5.49. The number of nitrogens with zero attached hydrogens (tertiary/aromatic N) is 1. The molecule has 4 heteroatoms. The highest BCUT2D eigenvalue weighted by Gasteiger charge is 2.22. The van der Waals surface area contributed by atoms with E-state index in [1.807, 2.05) is 30.8 Å². The molecule has 20 heavy (non-hydrogen) atoms. The first-order valence-electron chi connectivity index (χ1n) is 7.30. The number of benzene rings is 1. The molecule has 0 radical (unpaired) electrons. The molecule has 110 valence electrons. The molecule has 1 aliphatic rings. The van der Waals surface area contributed by atoms with Crippen LogP contribution in [0.3, 0.4) is 0 Å². The summed E-state index contributed by atoms with van der Waals surface area (Å²) >= 11 is 1.96. The van der Waals surface area contributed by atoms with Crippen LogP contribution in [-0.2, 0) is 4.79 Å². The molecule has 0 aromatic heterocycles. The van der Waals surface area contributed by atoms with Crippen molar-refractivity contribution in [3.63, 3.8) is 0 Å². The summed E-state index contributed by atoms with van der Waals surface area (Å²) in [5, 5.41) is 3.02. The second-order valence-electron chi connectivity index (χ2n) is 5.59. The molecule has 1 aromatic rings. The van der Waals surface area contributed by atoms with Gasteiger partial charge in [-0.05, 0) is 30.5 Å². The van der Waals surface area contributed by atoms with Gasteiger partial charge in [-0.25, -0.2) is 0 Å². The standard InChI is InChI=1S/C16H24N2OS/c1-12(2)14-4-6-15(7-5-14)17-16(19)13(3)18-8-10-20-11-9-18/h4-7,12-13H,8-11H2,1-3H3,(H,17,19)/t13-/m0/s1. The summed E-state index contributed by atoms with van der Waals surface area (Å²) in [7, 11) is 0. The van der Waals surface area contributed by atoms with Crippen LogP contribution in [0.1, 0.15) is 32.3 Å². The second-order valence-corrected chi connectivity index (χ2v) is 6.82. The number of hydrogen-bond acceptors (Lipinski definition) is 3. The Balaban J connectivity index is 1.92. The van der Waals surface area contributed by atoms with E-state index in [1.165, 1.54) is 5.56 Å². The third kappa shape index (κ3) is 4.00. The van der Waals surface area contributed by atoms with Gasteiger partial charge in [-0.1, -0.05) is 26.0 Å². The van der Waals surface area contributed by atoms with Crippen molar-refractivity contribution in [2.45, 2.75) is 32.7 Å². The first kappa shape index (κ1) is 15.4. The van der Waals surface area contributed by atoms with E-state index >= 15 is 0 Å². The average Bonchev–Trinajstić information content (AvgIpc) is 2.48. The van der Waals surface area contributed by atoms with Crippen molar-refractivity contribution >= 4 is 23.4 Å². The number of carbonyl (C=O) groups excluding carboxylic acids is 1. The first-order valence-corrected chi connectivity index (χ1v) is 8.46. The predicted octanol–water partition coefficient (Wildman–Crippen LogP) is 3.19. The van der Waals surface area contributed by atoms with Gasteiger partial charge in [-0.2, -0.15) is 11.8 Å². The summed E-state index contributed by atoms with van der Waals surface area (Å²) in [6.45, 7) is 8.35. The number of anilines is 1. The SMILES string of the molecule is CC(C)c1ccc(NC(=O)[C@H](C)N2CCSCC2)cc1. The average molecular weight is 292 g/mol. The van der Waals surface area contributed by atoms with Crippen molar-refractivity contribution in [2.24, 2.45) is 0 Å². The zero-order valence-electron chi connectivity index (χ0n) is 12.6. The number of carbonyl (C=O) groups is 1. The monoisotopic (exact) mass is 292 g/mol. The van der Waals surface area contributed by atoms with Gasteiger partial charge in [0.1, 0.15) is 0 Å². The Hall–Kier alpha value is -1.00. The molecular weight excluding hydrogens is 268 g/mol. The molecule has 1 atom stereocenters. The Morgan fingerprint density at radius 2 is 1.75 bits per heavy atom. The molecule has 1 saturated heterocycles. The quantitative estimate of drug-likeness (QED) is 0.925. The van der Waals surface area contributed by atoms with Gasteiger partial charge in [0, 0.05) is 30.3 Å². The molecule has 0 bridgehead atoms. The summed E-state index contributed by atoms with van der Waals surface area (Å²) in [5.41, 5.74) is 2.18. The number of amides is 1. The van der Waals surface area contributed by atoms with E-state index in [1.54, 1.807) is 0 Å². The van der Waals surface area contributed by atoms with Crippen LogP contribution in [0, 0.1) is 0 Å². The molecule has 1 aromatic carbocycles. The predicted molar refractivity (Wildman–Crippen MR) is 87.5 cm³/mol. The summed E-state index contributed by atoms with van der Waals surface area (Å²) < 4.78 is 0. The van der Waals surface area contributed by atoms with E-state index in [2.05, 4.69) is 36.2 Å². The third-order valence-corrected chi connectivity index (χ3v) is 4.76. The van der Waals surface area contributed by atoms with Gasteiger partial charge >= 0.3 is 0 Å². The molecule has 0 saturated carbocycles. The fraction of sp³-hybridized carbons (Fsp3) is 0.562. The van der Waals surface area contributed by atoms with Crippen LogP contribution >= 0.6 is 11.8 Å². The molecule has 2 rings (SSSR count). The third-order valence-electron chi connectivity index (χ3n) is 3.82. The normalized spacial score (nSPS) is 18.0.